The Bertz CT molecular complexity index is 882. The van der Waals surface area contributed by atoms with Gasteiger partial charge in [0.05, 0.1) is 0 Å². The number of hydrogen-bond acceptors (Lipinski definition) is 5. The van der Waals surface area contributed by atoms with Crippen LogP contribution < -0.4 is 10.6 Å². The molecule has 2 N–H and O–H groups in total. The average molecular weight is 373 g/mol. The van der Waals surface area contributed by atoms with E-state index in [9.17, 15) is 9.59 Å². The van der Waals surface area contributed by atoms with Gasteiger partial charge in [0.1, 0.15) is 5.69 Å². The quantitative estimate of drug-likeness (QED) is 0.734. The van der Waals surface area contributed by atoms with Crippen molar-refractivity contribution in [3.63, 3.8) is 0 Å². The van der Waals surface area contributed by atoms with Crippen molar-refractivity contribution >= 4 is 35.1 Å². The number of urea groups is 1. The second kappa shape index (κ2) is 7.87. The Labute approximate surface area is 153 Å². The molecule has 0 unspecified atom stereocenters. The van der Waals surface area contributed by atoms with Crippen molar-refractivity contribution in [3.05, 3.63) is 70.1 Å². The zero-order valence-corrected chi connectivity index (χ0v) is 14.5. The number of rotatable bonds is 4. The Morgan fingerprint density at radius 2 is 1.92 bits per heavy atom. The fraction of sp³-hybridized carbons (Fsp3) is 0.0588. The third-order valence-electron chi connectivity index (χ3n) is 3.37. The number of nitrogens with zero attached hydrogens (tertiary/aromatic N) is 2. The number of carbonyl (C=O) groups is 2. The molecule has 0 aliphatic rings. The van der Waals surface area contributed by atoms with Crippen molar-refractivity contribution in [2.75, 3.05) is 0 Å². The van der Waals surface area contributed by atoms with E-state index in [2.05, 4.69) is 20.2 Å². The monoisotopic (exact) mass is 372 g/mol. The number of amides is 3. The van der Waals surface area contributed by atoms with Gasteiger partial charge in [-0.25, -0.2) is 4.79 Å². The lowest BCUT2D eigenvalue weighted by atomic mass is 10.1. The number of aromatic nitrogens is 2. The van der Waals surface area contributed by atoms with Crippen molar-refractivity contribution in [2.24, 2.45) is 0 Å². The third kappa shape index (κ3) is 4.62. The molecule has 25 heavy (non-hydrogen) atoms. The molecule has 0 atom stereocenters. The van der Waals surface area contributed by atoms with Gasteiger partial charge < -0.3 is 5.32 Å². The molecule has 3 amide bonds. The van der Waals surface area contributed by atoms with Crippen LogP contribution in [-0.4, -0.2) is 21.5 Å². The van der Waals surface area contributed by atoms with Crippen molar-refractivity contribution in [2.45, 2.75) is 6.54 Å². The Balaban J connectivity index is 1.55. The van der Waals surface area contributed by atoms with E-state index in [4.69, 9.17) is 11.6 Å². The maximum atomic E-state index is 12.1. The summed E-state index contributed by atoms with van der Waals surface area (Å²) in [6.45, 7) is 0.273. The van der Waals surface area contributed by atoms with Gasteiger partial charge in [0.25, 0.3) is 5.91 Å². The molecule has 2 aromatic carbocycles. The second-order valence-corrected chi connectivity index (χ2v) is 6.18. The van der Waals surface area contributed by atoms with Crippen LogP contribution in [0.1, 0.15) is 15.9 Å². The van der Waals surface area contributed by atoms with E-state index in [1.165, 1.54) is 11.5 Å². The first-order chi connectivity index (χ1) is 12.1. The SMILES string of the molecule is O=C(NCc1cccc(Cl)c1)NC(=O)c1ccc(-c2csnn2)cc1. The predicted octanol–water partition coefficient (Wildman–Crippen LogP) is 3.50. The minimum absolute atomic E-state index is 0.273. The molecule has 0 saturated heterocycles. The molecule has 1 aromatic heterocycles. The van der Waals surface area contributed by atoms with E-state index >= 15 is 0 Å². The van der Waals surface area contributed by atoms with Gasteiger partial charge in [0.2, 0.25) is 0 Å². The van der Waals surface area contributed by atoms with Gasteiger partial charge in [0, 0.05) is 28.1 Å². The molecule has 3 rings (SSSR count). The highest BCUT2D eigenvalue weighted by atomic mass is 35.5. The van der Waals surface area contributed by atoms with Crippen molar-refractivity contribution in [1.29, 1.82) is 0 Å². The molecular formula is C17H13ClN4O2S. The minimum Gasteiger partial charge on any atom is -0.334 e. The largest absolute Gasteiger partial charge is 0.334 e. The fourth-order valence-corrected chi connectivity index (χ4v) is 2.81. The van der Waals surface area contributed by atoms with Gasteiger partial charge in [-0.15, -0.1) is 5.10 Å². The Morgan fingerprint density at radius 3 is 2.60 bits per heavy atom. The number of benzene rings is 2. The van der Waals surface area contributed by atoms with Gasteiger partial charge >= 0.3 is 6.03 Å². The molecule has 0 aliphatic carbocycles. The maximum absolute atomic E-state index is 12.1. The number of imide groups is 1. The van der Waals surface area contributed by atoms with Crippen LogP contribution in [0.3, 0.4) is 0 Å². The van der Waals surface area contributed by atoms with Crippen molar-refractivity contribution in [1.82, 2.24) is 20.2 Å². The highest BCUT2D eigenvalue weighted by molar-refractivity contribution is 7.03. The topological polar surface area (TPSA) is 84.0 Å². The van der Waals surface area contributed by atoms with E-state index in [1.54, 1.807) is 42.5 Å². The Morgan fingerprint density at radius 1 is 1.12 bits per heavy atom. The lowest BCUT2D eigenvalue weighted by molar-refractivity contribution is 0.0964. The van der Waals surface area contributed by atoms with Crippen LogP contribution >= 0.6 is 23.1 Å². The molecule has 126 valence electrons. The molecule has 0 spiro atoms. The van der Waals surface area contributed by atoms with E-state index in [-0.39, 0.29) is 6.54 Å². The lowest BCUT2D eigenvalue weighted by Crippen LogP contribution is -2.39. The van der Waals surface area contributed by atoms with E-state index in [0.717, 1.165) is 16.8 Å². The second-order valence-electron chi connectivity index (χ2n) is 5.13. The summed E-state index contributed by atoms with van der Waals surface area (Å²) in [6.07, 6.45) is 0. The molecule has 0 aliphatic heterocycles. The molecule has 0 radical (unpaired) electrons. The fourth-order valence-electron chi connectivity index (χ4n) is 2.13. The zero-order valence-electron chi connectivity index (χ0n) is 12.9. The maximum Gasteiger partial charge on any atom is 0.321 e. The van der Waals surface area contributed by atoms with Gasteiger partial charge in [-0.2, -0.15) is 0 Å². The molecule has 6 nitrogen and oxygen atoms in total. The van der Waals surface area contributed by atoms with Gasteiger partial charge in [0.15, 0.2) is 0 Å². The summed E-state index contributed by atoms with van der Waals surface area (Å²) in [5, 5.41) is 11.3. The summed E-state index contributed by atoms with van der Waals surface area (Å²) in [5.41, 5.74) is 2.83. The summed E-state index contributed by atoms with van der Waals surface area (Å²) in [6, 6.07) is 13.3. The van der Waals surface area contributed by atoms with Crippen LogP contribution in [-0.2, 0) is 6.54 Å². The first-order valence-electron chi connectivity index (χ1n) is 7.33. The Hall–Kier alpha value is -2.77. The average Bonchev–Trinajstić information content (AvgIpc) is 3.15. The number of carbonyl (C=O) groups excluding carboxylic acids is 2. The van der Waals surface area contributed by atoms with Crippen molar-refractivity contribution in [3.8, 4) is 11.3 Å². The van der Waals surface area contributed by atoms with Crippen LogP contribution in [0.5, 0.6) is 0 Å². The summed E-state index contributed by atoms with van der Waals surface area (Å²) in [4.78, 5) is 23.9. The van der Waals surface area contributed by atoms with Gasteiger partial charge in [-0.05, 0) is 41.4 Å². The molecule has 1 heterocycles. The molecule has 8 heteroatoms. The number of halogens is 1. The third-order valence-corrected chi connectivity index (χ3v) is 4.11. The highest BCUT2D eigenvalue weighted by Gasteiger charge is 2.11. The van der Waals surface area contributed by atoms with Crippen LogP contribution in [0.25, 0.3) is 11.3 Å². The predicted molar refractivity (Wildman–Crippen MR) is 96.5 cm³/mol. The summed E-state index contributed by atoms with van der Waals surface area (Å²) in [5.74, 6) is -0.480. The summed E-state index contributed by atoms with van der Waals surface area (Å²) >= 11 is 7.14. The Kier molecular flexibility index (Phi) is 5.37. The van der Waals surface area contributed by atoms with Gasteiger partial charge in [-0.3, -0.25) is 10.1 Å². The molecule has 0 fully saturated rings. The molecule has 3 aromatic rings. The van der Waals surface area contributed by atoms with Crippen LogP contribution in [0.4, 0.5) is 4.79 Å². The van der Waals surface area contributed by atoms with E-state index in [0.29, 0.717) is 10.6 Å². The smallest absolute Gasteiger partial charge is 0.321 e. The van der Waals surface area contributed by atoms with E-state index < -0.39 is 11.9 Å². The number of hydrogen-bond donors (Lipinski definition) is 2. The van der Waals surface area contributed by atoms with Crippen LogP contribution in [0.15, 0.2) is 53.9 Å². The summed E-state index contributed by atoms with van der Waals surface area (Å²) in [7, 11) is 0. The first-order valence-corrected chi connectivity index (χ1v) is 8.54. The van der Waals surface area contributed by atoms with Crippen molar-refractivity contribution < 1.29 is 9.59 Å². The van der Waals surface area contributed by atoms with Crippen LogP contribution in [0, 0.1) is 0 Å². The minimum atomic E-state index is -0.572. The molecule has 0 bridgehead atoms. The molecule has 0 saturated carbocycles. The lowest BCUT2D eigenvalue weighted by Gasteiger charge is -2.07. The standard InChI is InChI=1S/C17H13ClN4O2S/c18-14-3-1-2-11(8-14)9-19-17(24)20-16(23)13-6-4-12(5-7-13)15-10-25-22-21-15/h1-8,10H,9H2,(H2,19,20,23,24). The highest BCUT2D eigenvalue weighted by Crippen LogP contribution is 2.18. The number of nitrogens with one attached hydrogen (secondary N) is 2. The van der Waals surface area contributed by atoms with Crippen LogP contribution in [0.2, 0.25) is 5.02 Å². The van der Waals surface area contributed by atoms with E-state index in [1.807, 2.05) is 11.4 Å². The normalized spacial score (nSPS) is 10.3. The zero-order chi connectivity index (χ0) is 17.6. The first kappa shape index (κ1) is 17.1. The summed E-state index contributed by atoms with van der Waals surface area (Å²) < 4.78 is 3.80. The van der Waals surface area contributed by atoms with Gasteiger partial charge in [-0.1, -0.05) is 40.4 Å². The molecular weight excluding hydrogens is 360 g/mol.